The van der Waals surface area contributed by atoms with E-state index in [-0.39, 0.29) is 12.4 Å². The normalized spacial score (nSPS) is 14.9. The molecule has 0 aromatic heterocycles. The number of Topliss-reactive ketones (excluding diaryl/α,β-unsaturated/α-hetero) is 1. The van der Waals surface area contributed by atoms with Gasteiger partial charge in [-0.1, -0.05) is 18.2 Å². The second-order valence-electron chi connectivity index (χ2n) is 3.11. The van der Waals surface area contributed by atoms with Gasteiger partial charge in [0.25, 0.3) is 0 Å². The predicted molar refractivity (Wildman–Crippen MR) is 44.8 cm³/mol. The van der Waals surface area contributed by atoms with Gasteiger partial charge < -0.3 is 5.11 Å². The lowest BCUT2D eigenvalue weighted by Gasteiger charge is -2.02. The molecule has 0 aliphatic heterocycles. The maximum atomic E-state index is 11.1. The van der Waals surface area contributed by atoms with Crippen LogP contribution >= 0.6 is 0 Å². The Kier molecular flexibility index (Phi) is 1.70. The van der Waals surface area contributed by atoms with Gasteiger partial charge in [-0.05, 0) is 16.7 Å². The number of ketones is 1. The molecule has 0 spiro atoms. The largest absolute Gasteiger partial charge is 0.392 e. The third-order valence-corrected chi connectivity index (χ3v) is 2.30. The summed E-state index contributed by atoms with van der Waals surface area (Å²) in [5.41, 5.74) is 3.04. The summed E-state index contributed by atoms with van der Waals surface area (Å²) < 4.78 is 0. The first kappa shape index (κ1) is 7.50. The summed E-state index contributed by atoms with van der Waals surface area (Å²) in [7, 11) is 0. The van der Waals surface area contributed by atoms with Crippen LogP contribution in [0.4, 0.5) is 0 Å². The third kappa shape index (κ3) is 1.04. The molecule has 1 N–H and O–H groups in total. The average Bonchev–Trinajstić information content (AvgIpc) is 2.44. The fraction of sp³-hybridized carbons (Fsp3) is 0.300. The highest BCUT2D eigenvalue weighted by Crippen LogP contribution is 2.22. The Balaban J connectivity index is 2.51. The lowest BCUT2D eigenvalue weighted by atomic mass is 10.0. The lowest BCUT2D eigenvalue weighted by molar-refractivity contribution is -0.117. The Morgan fingerprint density at radius 3 is 2.92 bits per heavy atom. The molecule has 1 aliphatic carbocycles. The van der Waals surface area contributed by atoms with E-state index in [1.807, 2.05) is 18.2 Å². The second kappa shape index (κ2) is 2.72. The zero-order valence-corrected chi connectivity index (χ0v) is 6.71. The van der Waals surface area contributed by atoms with Gasteiger partial charge >= 0.3 is 0 Å². The van der Waals surface area contributed by atoms with Crippen LogP contribution < -0.4 is 0 Å². The van der Waals surface area contributed by atoms with E-state index >= 15 is 0 Å². The van der Waals surface area contributed by atoms with Crippen LogP contribution in [0.2, 0.25) is 0 Å². The van der Waals surface area contributed by atoms with Crippen LogP contribution in [0.1, 0.15) is 16.7 Å². The zero-order valence-electron chi connectivity index (χ0n) is 6.71. The Bertz CT molecular complexity index is 329. The molecular weight excluding hydrogens is 152 g/mol. The molecule has 0 saturated heterocycles. The number of hydrogen-bond donors (Lipinski definition) is 1. The first-order chi connectivity index (χ1) is 5.81. The number of aliphatic hydroxyl groups is 1. The number of hydrogen-bond acceptors (Lipinski definition) is 2. The summed E-state index contributed by atoms with van der Waals surface area (Å²) in [4.78, 5) is 11.1. The lowest BCUT2D eigenvalue weighted by Crippen LogP contribution is -1.95. The minimum absolute atomic E-state index is 0.0381. The van der Waals surface area contributed by atoms with E-state index in [1.54, 1.807) is 0 Å². The van der Waals surface area contributed by atoms with Gasteiger partial charge in [0.15, 0.2) is 0 Å². The van der Waals surface area contributed by atoms with Gasteiger partial charge in [0, 0.05) is 12.8 Å². The summed E-state index contributed by atoms with van der Waals surface area (Å²) in [5, 5.41) is 8.98. The van der Waals surface area contributed by atoms with E-state index in [4.69, 9.17) is 5.11 Å². The highest BCUT2D eigenvalue weighted by atomic mass is 16.3. The molecule has 0 heterocycles. The standard InChI is InChI=1S/C10H10O2/c11-6-8-3-1-2-7-4-9(12)5-10(7)8/h1-3,11H,4-6H2. The molecule has 2 nitrogen and oxygen atoms in total. The topological polar surface area (TPSA) is 37.3 Å². The summed E-state index contributed by atoms with van der Waals surface area (Å²) in [6.07, 6.45) is 1.05. The zero-order chi connectivity index (χ0) is 8.55. The molecule has 2 heteroatoms. The smallest absolute Gasteiger partial charge is 0.141 e. The number of aliphatic hydroxyl groups excluding tert-OH is 1. The SMILES string of the molecule is O=C1Cc2cccc(CO)c2C1. The number of fused-ring (bicyclic) bond motifs is 1. The second-order valence-corrected chi connectivity index (χ2v) is 3.11. The monoisotopic (exact) mass is 162 g/mol. The summed E-state index contributed by atoms with van der Waals surface area (Å²) >= 11 is 0. The van der Waals surface area contributed by atoms with E-state index in [1.165, 1.54) is 0 Å². The molecule has 1 aromatic carbocycles. The minimum atomic E-state index is 0.0381. The molecule has 0 unspecified atom stereocenters. The van der Waals surface area contributed by atoms with Crippen LogP contribution in [0.3, 0.4) is 0 Å². The van der Waals surface area contributed by atoms with E-state index in [9.17, 15) is 4.79 Å². The Morgan fingerprint density at radius 2 is 2.17 bits per heavy atom. The molecule has 62 valence electrons. The number of carbonyl (C=O) groups is 1. The first-order valence-corrected chi connectivity index (χ1v) is 4.03. The molecule has 0 amide bonds. The molecule has 1 aromatic rings. The third-order valence-electron chi connectivity index (χ3n) is 2.30. The highest BCUT2D eigenvalue weighted by molar-refractivity contribution is 5.88. The molecule has 0 bridgehead atoms. The van der Waals surface area contributed by atoms with Crippen molar-refractivity contribution >= 4 is 5.78 Å². The quantitative estimate of drug-likeness (QED) is 0.664. The average molecular weight is 162 g/mol. The Labute approximate surface area is 70.8 Å². The molecule has 0 saturated carbocycles. The molecule has 2 rings (SSSR count). The highest BCUT2D eigenvalue weighted by Gasteiger charge is 2.19. The molecule has 12 heavy (non-hydrogen) atoms. The van der Waals surface area contributed by atoms with Gasteiger partial charge in [0.1, 0.15) is 5.78 Å². The Hall–Kier alpha value is -1.15. The maximum Gasteiger partial charge on any atom is 0.141 e. The summed E-state index contributed by atoms with van der Waals surface area (Å²) in [6, 6.07) is 5.72. The minimum Gasteiger partial charge on any atom is -0.392 e. The molecule has 0 atom stereocenters. The van der Waals surface area contributed by atoms with Crippen molar-refractivity contribution < 1.29 is 9.90 Å². The van der Waals surface area contributed by atoms with Crippen molar-refractivity contribution in [2.24, 2.45) is 0 Å². The van der Waals surface area contributed by atoms with E-state index < -0.39 is 0 Å². The number of carbonyl (C=O) groups excluding carboxylic acids is 1. The summed E-state index contributed by atoms with van der Waals surface area (Å²) in [5.74, 6) is 0.255. The van der Waals surface area contributed by atoms with Gasteiger partial charge in [-0.25, -0.2) is 0 Å². The van der Waals surface area contributed by atoms with E-state index in [0.717, 1.165) is 16.7 Å². The van der Waals surface area contributed by atoms with Crippen molar-refractivity contribution in [2.75, 3.05) is 0 Å². The molecule has 0 radical (unpaired) electrons. The van der Waals surface area contributed by atoms with Crippen LogP contribution in [0, 0.1) is 0 Å². The first-order valence-electron chi connectivity index (χ1n) is 4.03. The van der Waals surface area contributed by atoms with Crippen LogP contribution in [0.25, 0.3) is 0 Å². The summed E-state index contributed by atoms with van der Waals surface area (Å²) in [6.45, 7) is 0.0381. The van der Waals surface area contributed by atoms with Gasteiger partial charge in [0.05, 0.1) is 6.61 Å². The number of rotatable bonds is 1. The fourth-order valence-corrected chi connectivity index (χ4v) is 1.70. The van der Waals surface area contributed by atoms with Gasteiger partial charge in [-0.15, -0.1) is 0 Å². The van der Waals surface area contributed by atoms with Crippen molar-refractivity contribution in [3.63, 3.8) is 0 Å². The fourth-order valence-electron chi connectivity index (χ4n) is 1.70. The van der Waals surface area contributed by atoms with Crippen LogP contribution in [0.5, 0.6) is 0 Å². The number of benzene rings is 1. The van der Waals surface area contributed by atoms with E-state index in [2.05, 4.69) is 0 Å². The van der Waals surface area contributed by atoms with Crippen molar-refractivity contribution in [1.82, 2.24) is 0 Å². The van der Waals surface area contributed by atoms with Gasteiger partial charge in [0.2, 0.25) is 0 Å². The van der Waals surface area contributed by atoms with Crippen molar-refractivity contribution in [1.29, 1.82) is 0 Å². The maximum absolute atomic E-state index is 11.1. The molecule has 1 aliphatic rings. The molecular formula is C10H10O2. The Morgan fingerprint density at radius 1 is 1.33 bits per heavy atom. The van der Waals surface area contributed by atoms with Gasteiger partial charge in [-0.3, -0.25) is 4.79 Å². The van der Waals surface area contributed by atoms with E-state index in [0.29, 0.717) is 12.8 Å². The van der Waals surface area contributed by atoms with Crippen molar-refractivity contribution in [3.05, 3.63) is 34.9 Å². The van der Waals surface area contributed by atoms with Gasteiger partial charge in [-0.2, -0.15) is 0 Å². The molecule has 0 fully saturated rings. The van der Waals surface area contributed by atoms with Crippen LogP contribution in [-0.4, -0.2) is 10.9 Å². The predicted octanol–water partition coefficient (Wildman–Crippen LogP) is 0.847. The van der Waals surface area contributed by atoms with Crippen LogP contribution in [-0.2, 0) is 24.2 Å². The van der Waals surface area contributed by atoms with Crippen molar-refractivity contribution in [3.8, 4) is 0 Å². The van der Waals surface area contributed by atoms with Crippen LogP contribution in [0.15, 0.2) is 18.2 Å². The van der Waals surface area contributed by atoms with Crippen molar-refractivity contribution in [2.45, 2.75) is 19.4 Å².